The van der Waals surface area contributed by atoms with Crippen LogP contribution in [0, 0.1) is 0 Å². The lowest BCUT2D eigenvalue weighted by Crippen LogP contribution is -1.89. The first-order chi connectivity index (χ1) is 4.88. The lowest BCUT2D eigenvalue weighted by atomic mass is 10.1. The minimum atomic E-state index is 0. The Balaban J connectivity index is 0.000000605. The summed E-state index contributed by atoms with van der Waals surface area (Å²) in [7, 11) is 0. The third-order valence-electron chi connectivity index (χ3n) is 1.64. The molecule has 0 aromatic heterocycles. The lowest BCUT2D eigenvalue weighted by molar-refractivity contribution is 0.105. The van der Waals surface area contributed by atoms with Crippen LogP contribution in [0.25, 0.3) is 6.08 Å². The molecule has 0 spiro atoms. The van der Waals surface area contributed by atoms with E-state index in [0.29, 0.717) is 0 Å². The van der Waals surface area contributed by atoms with Crippen LogP contribution in [0.5, 0.6) is 0 Å². The van der Waals surface area contributed by atoms with Gasteiger partial charge in [-0.3, -0.25) is 4.79 Å². The monoisotopic (exact) mass is 132 g/mol. The highest BCUT2D eigenvalue weighted by Crippen LogP contribution is 2.17. The van der Waals surface area contributed by atoms with Crippen LogP contribution in [-0.4, -0.2) is 5.78 Å². The van der Waals surface area contributed by atoms with Crippen molar-refractivity contribution < 1.29 is 7.65 Å². The Kier molecular flexibility index (Phi) is 0.978. The molecule has 0 heterocycles. The van der Waals surface area contributed by atoms with E-state index in [4.69, 9.17) is 0 Å². The van der Waals surface area contributed by atoms with E-state index in [-0.39, 0.29) is 8.64 Å². The number of benzene rings is 1. The maximum atomic E-state index is 11.0. The Morgan fingerprint density at radius 2 is 1.90 bits per heavy atom. The van der Waals surface area contributed by atoms with Gasteiger partial charge in [0, 0.05) is 5.56 Å². The normalized spacial score (nSPS) is 13.8. The molecule has 1 aromatic carbocycles. The number of fused-ring (bicyclic) bond motifs is 1. The molecule has 0 fully saturated rings. The number of ketones is 1. The predicted octanol–water partition coefficient (Wildman–Crippen LogP) is 2.12. The predicted molar refractivity (Wildman–Crippen MR) is 42.0 cm³/mol. The molecule has 0 atom stereocenters. The second-order valence-electron chi connectivity index (χ2n) is 2.28. The highest BCUT2D eigenvalue weighted by atomic mass is 16.1. The molecule has 0 unspecified atom stereocenters. The zero-order valence-electron chi connectivity index (χ0n) is 7.37. The summed E-state index contributed by atoms with van der Waals surface area (Å²) in [6, 6.07) is 7.60. The topological polar surface area (TPSA) is 17.1 Å². The van der Waals surface area contributed by atoms with Crippen LogP contribution >= 0.6 is 0 Å². The average Bonchev–Trinajstić information content (AvgIpc) is 2.34. The van der Waals surface area contributed by atoms with Gasteiger partial charge in [-0.2, -0.15) is 0 Å². The van der Waals surface area contributed by atoms with Gasteiger partial charge in [-0.05, 0) is 11.6 Å². The first kappa shape index (κ1) is 5.42. The van der Waals surface area contributed by atoms with E-state index in [1.807, 2.05) is 30.3 Å². The van der Waals surface area contributed by atoms with Gasteiger partial charge in [0.2, 0.25) is 0 Å². The second kappa shape index (κ2) is 1.81. The van der Waals surface area contributed by atoms with Crippen molar-refractivity contribution in [2.45, 2.75) is 0 Å². The van der Waals surface area contributed by atoms with Gasteiger partial charge in [-0.1, -0.05) is 30.3 Å². The van der Waals surface area contributed by atoms with E-state index in [1.54, 1.807) is 6.08 Å². The number of rotatable bonds is 0. The summed E-state index contributed by atoms with van der Waals surface area (Å²) >= 11 is 0. The van der Waals surface area contributed by atoms with Crippen LogP contribution in [0.15, 0.2) is 30.3 Å². The molecule has 0 N–H and O–H groups in total. The first-order valence-electron chi connectivity index (χ1n) is 3.19. The quantitative estimate of drug-likeness (QED) is 0.528. The molecule has 2 rings (SSSR count). The molecule has 1 aromatic rings. The Labute approximate surface area is 62.0 Å². The van der Waals surface area contributed by atoms with Gasteiger partial charge < -0.3 is 0 Å². The van der Waals surface area contributed by atoms with Gasteiger partial charge in [-0.25, -0.2) is 0 Å². The van der Waals surface area contributed by atoms with Crippen LogP contribution in [0.3, 0.4) is 0 Å². The second-order valence-corrected chi connectivity index (χ2v) is 2.28. The molecule has 10 heavy (non-hydrogen) atoms. The molecule has 0 bridgehead atoms. The summed E-state index contributed by atoms with van der Waals surface area (Å²) in [5.41, 5.74) is 1.86. The van der Waals surface area contributed by atoms with Crippen LogP contribution in [0.1, 0.15) is 18.8 Å². The highest BCUT2D eigenvalue weighted by Gasteiger charge is 2.10. The number of hydrogen-bond acceptors (Lipinski definition) is 1. The third-order valence-corrected chi connectivity index (χ3v) is 1.64. The van der Waals surface area contributed by atoms with E-state index in [0.717, 1.165) is 11.1 Å². The standard InChI is InChI=1S/C9H6O/c10-9-6-5-7-3-1-2-4-8(7)9/h1-6H/p+2. The molecule has 0 aliphatic heterocycles. The van der Waals surface area contributed by atoms with Crippen LogP contribution in [0.4, 0.5) is 0 Å². The SMILES string of the molecule is O=C1C=Cc2ccccc21.[H+].[H+]. The molecule has 48 valence electrons. The zero-order chi connectivity index (χ0) is 6.97. The molecule has 0 saturated heterocycles. The highest BCUT2D eigenvalue weighted by molar-refractivity contribution is 6.13. The van der Waals surface area contributed by atoms with Crippen molar-refractivity contribution in [2.75, 3.05) is 0 Å². The molecule has 1 aliphatic rings. The Morgan fingerprint density at radius 1 is 1.10 bits per heavy atom. The smallest absolute Gasteiger partial charge is 0.289 e. The Bertz CT molecular complexity index is 318. The molecule has 1 aliphatic carbocycles. The van der Waals surface area contributed by atoms with Crippen molar-refractivity contribution in [2.24, 2.45) is 0 Å². The van der Waals surface area contributed by atoms with Crippen molar-refractivity contribution in [1.29, 1.82) is 0 Å². The summed E-state index contributed by atoms with van der Waals surface area (Å²) < 4.78 is 0. The van der Waals surface area contributed by atoms with Gasteiger partial charge in [0.05, 0.1) is 0 Å². The van der Waals surface area contributed by atoms with Crippen molar-refractivity contribution in [3.8, 4) is 0 Å². The van der Waals surface area contributed by atoms with Crippen molar-refractivity contribution in [1.82, 2.24) is 0 Å². The number of hydrogen-bond donors (Lipinski definition) is 0. The molecule has 1 nitrogen and oxygen atoms in total. The Morgan fingerprint density at radius 3 is 2.70 bits per heavy atom. The van der Waals surface area contributed by atoms with Gasteiger partial charge in [0.15, 0.2) is 5.78 Å². The zero-order valence-corrected chi connectivity index (χ0v) is 5.37. The van der Waals surface area contributed by atoms with Crippen molar-refractivity contribution in [3.05, 3.63) is 41.5 Å². The first-order valence-corrected chi connectivity index (χ1v) is 3.19. The van der Waals surface area contributed by atoms with Gasteiger partial charge in [0.25, 0.3) is 0 Å². The molecule has 0 radical (unpaired) electrons. The maximum absolute atomic E-state index is 11.0. The molecule has 0 amide bonds. The summed E-state index contributed by atoms with van der Waals surface area (Å²) in [6.07, 6.45) is 3.45. The minimum absolute atomic E-state index is 0. The third kappa shape index (κ3) is 0.605. The fraction of sp³-hybridized carbons (Fsp3) is 0. The number of carbonyl (C=O) groups is 1. The number of allylic oxidation sites excluding steroid dienone is 1. The fourth-order valence-electron chi connectivity index (χ4n) is 1.12. The van der Waals surface area contributed by atoms with Gasteiger partial charge >= 0.3 is 2.85 Å². The van der Waals surface area contributed by atoms with Crippen LogP contribution in [-0.2, 0) is 0 Å². The number of carbonyl (C=O) groups excluding carboxylic acids is 1. The maximum Gasteiger partial charge on any atom is 1.00 e. The average molecular weight is 132 g/mol. The van der Waals surface area contributed by atoms with Crippen LogP contribution in [0.2, 0.25) is 0 Å². The van der Waals surface area contributed by atoms with Gasteiger partial charge in [-0.15, -0.1) is 0 Å². The molecular weight excluding hydrogens is 124 g/mol. The fourth-order valence-corrected chi connectivity index (χ4v) is 1.12. The molecular formula is C9H8O+2. The minimum Gasteiger partial charge on any atom is -0.289 e. The lowest BCUT2D eigenvalue weighted by Gasteiger charge is -1.92. The van der Waals surface area contributed by atoms with E-state index < -0.39 is 0 Å². The summed E-state index contributed by atoms with van der Waals surface area (Å²) in [4.78, 5) is 11.0. The van der Waals surface area contributed by atoms with E-state index in [9.17, 15) is 4.79 Å². The summed E-state index contributed by atoms with van der Waals surface area (Å²) in [5, 5.41) is 0. The Hall–Kier alpha value is -1.37. The molecule has 0 saturated carbocycles. The largest absolute Gasteiger partial charge is 1.00 e. The van der Waals surface area contributed by atoms with Gasteiger partial charge in [0.1, 0.15) is 0 Å². The summed E-state index contributed by atoms with van der Waals surface area (Å²) in [5.74, 6) is 0.121. The molecule has 1 heteroatoms. The van der Waals surface area contributed by atoms with E-state index in [2.05, 4.69) is 0 Å². The van der Waals surface area contributed by atoms with Crippen molar-refractivity contribution in [3.63, 3.8) is 0 Å². The van der Waals surface area contributed by atoms with Crippen LogP contribution < -0.4 is 0 Å². The summed E-state index contributed by atoms with van der Waals surface area (Å²) in [6.45, 7) is 0. The van der Waals surface area contributed by atoms with E-state index in [1.165, 1.54) is 0 Å². The van der Waals surface area contributed by atoms with E-state index >= 15 is 0 Å². The van der Waals surface area contributed by atoms with Crippen molar-refractivity contribution >= 4 is 11.9 Å².